The van der Waals surface area contributed by atoms with Gasteiger partial charge in [0, 0.05) is 36.6 Å². The molecule has 0 bridgehead atoms. The summed E-state index contributed by atoms with van der Waals surface area (Å²) in [6.45, 7) is -0.331. The lowest BCUT2D eigenvalue weighted by molar-refractivity contribution is -0.0662. The maximum Gasteiger partial charge on any atom is 0.248 e. The molecule has 1 heterocycles. The Kier molecular flexibility index (Phi) is 6.52. The normalized spacial score (nSPS) is 20.8. The molecule has 1 fully saturated rings. The first-order valence-corrected chi connectivity index (χ1v) is 11.2. The minimum Gasteiger partial charge on any atom is -0.490 e. The fourth-order valence-corrected chi connectivity index (χ4v) is 4.37. The number of halogens is 4. The van der Waals surface area contributed by atoms with Gasteiger partial charge in [0.2, 0.25) is 15.9 Å². The Morgan fingerprint density at radius 2 is 2.03 bits per heavy atom. The topological polar surface area (TPSA) is 92.1 Å². The molecule has 1 aliphatic rings. The van der Waals surface area contributed by atoms with E-state index in [9.17, 15) is 26.0 Å². The second-order valence-electron chi connectivity index (χ2n) is 7.48. The molecule has 31 heavy (non-hydrogen) atoms. The number of benzene rings is 1. The molecule has 0 amide bonds. The van der Waals surface area contributed by atoms with Crippen molar-refractivity contribution in [3.05, 3.63) is 47.7 Å². The van der Waals surface area contributed by atoms with Crippen molar-refractivity contribution >= 4 is 10.0 Å². The predicted molar refractivity (Wildman–Crippen MR) is 104 cm³/mol. The summed E-state index contributed by atoms with van der Waals surface area (Å²) in [5.41, 5.74) is -0.0373. The Balaban J connectivity index is 1.75. The molecular weight excluding hydrogens is 438 g/mol. The molecule has 1 aliphatic carbocycles. The van der Waals surface area contributed by atoms with Gasteiger partial charge in [-0.3, -0.25) is 4.98 Å². The summed E-state index contributed by atoms with van der Waals surface area (Å²) >= 11 is 0. The highest BCUT2D eigenvalue weighted by atomic mass is 32.2. The number of ether oxygens (including phenoxy) is 1. The third-order valence-corrected chi connectivity index (χ3v) is 5.68. The summed E-state index contributed by atoms with van der Waals surface area (Å²) in [5, 5.41) is 8.77. The van der Waals surface area contributed by atoms with Gasteiger partial charge in [-0.1, -0.05) is 0 Å². The minimum absolute atomic E-state index is 0.0169. The van der Waals surface area contributed by atoms with Gasteiger partial charge in [-0.15, -0.1) is 0 Å². The molecule has 1 aromatic heterocycles. The first kappa shape index (κ1) is 23.0. The standard InChI is InChI=1S/C20H19F4N3O3S/c1-31(28,29)27-17-4-5-20(23,24)8-14(17)11-30-18-3-2-13(7-15(18)21)19-16(22)6-12(9-25)10-26-19/h2-3,6-7,10,14,17,27H,4-5,8,11H2,1H3/t14-,17+/m1/s1. The molecule has 6 nitrogen and oxygen atoms in total. The summed E-state index contributed by atoms with van der Waals surface area (Å²) in [4.78, 5) is 3.82. The van der Waals surface area contributed by atoms with Crippen LogP contribution in [0.25, 0.3) is 11.3 Å². The van der Waals surface area contributed by atoms with Gasteiger partial charge in [-0.2, -0.15) is 5.26 Å². The van der Waals surface area contributed by atoms with Crippen LogP contribution in [-0.4, -0.2) is 38.2 Å². The maximum absolute atomic E-state index is 14.5. The second kappa shape index (κ2) is 8.80. The number of alkyl halides is 2. The van der Waals surface area contributed by atoms with Gasteiger partial charge >= 0.3 is 0 Å². The molecule has 0 spiro atoms. The first-order valence-electron chi connectivity index (χ1n) is 9.31. The lowest BCUT2D eigenvalue weighted by atomic mass is 9.83. The average Bonchev–Trinajstić information content (AvgIpc) is 2.67. The minimum atomic E-state index is -3.62. The van der Waals surface area contributed by atoms with E-state index in [0.29, 0.717) is 0 Å². The van der Waals surface area contributed by atoms with E-state index in [1.54, 1.807) is 6.07 Å². The predicted octanol–water partition coefficient (Wildman–Crippen LogP) is 3.63. The summed E-state index contributed by atoms with van der Waals surface area (Å²) in [5.74, 6) is -5.74. The number of rotatable bonds is 6. The number of aromatic nitrogens is 1. The molecule has 11 heteroatoms. The van der Waals surface area contributed by atoms with E-state index in [1.165, 1.54) is 12.1 Å². The van der Waals surface area contributed by atoms with Crippen molar-refractivity contribution in [2.45, 2.75) is 31.2 Å². The Morgan fingerprint density at radius 1 is 1.29 bits per heavy atom. The van der Waals surface area contributed by atoms with Crippen LogP contribution in [0.1, 0.15) is 24.8 Å². The van der Waals surface area contributed by atoms with Crippen LogP contribution in [0.3, 0.4) is 0 Å². The number of nitrogens with zero attached hydrogens (tertiary/aromatic N) is 2. The number of pyridine rings is 1. The van der Waals surface area contributed by atoms with Crippen LogP contribution in [0.4, 0.5) is 17.6 Å². The van der Waals surface area contributed by atoms with Crippen LogP contribution in [-0.2, 0) is 10.0 Å². The fourth-order valence-electron chi connectivity index (χ4n) is 3.51. The fraction of sp³-hybridized carbons (Fsp3) is 0.400. The third kappa shape index (κ3) is 5.92. The highest BCUT2D eigenvalue weighted by molar-refractivity contribution is 7.88. The molecule has 0 aliphatic heterocycles. The van der Waals surface area contributed by atoms with Gasteiger partial charge in [0.15, 0.2) is 17.4 Å². The van der Waals surface area contributed by atoms with Gasteiger partial charge < -0.3 is 4.74 Å². The summed E-state index contributed by atoms with van der Waals surface area (Å²) in [6, 6.07) is 5.50. The molecule has 1 N–H and O–H groups in total. The molecule has 2 atom stereocenters. The van der Waals surface area contributed by atoms with Crippen molar-refractivity contribution in [3.8, 4) is 23.1 Å². The Hall–Kier alpha value is -2.71. The number of hydrogen-bond donors (Lipinski definition) is 1. The average molecular weight is 457 g/mol. The third-order valence-electron chi connectivity index (χ3n) is 4.94. The lowest BCUT2D eigenvalue weighted by Crippen LogP contribution is -2.48. The number of hydrogen-bond acceptors (Lipinski definition) is 5. The van der Waals surface area contributed by atoms with Gasteiger partial charge in [-0.25, -0.2) is 30.7 Å². The maximum atomic E-state index is 14.5. The highest BCUT2D eigenvalue weighted by Gasteiger charge is 2.42. The van der Waals surface area contributed by atoms with Gasteiger partial charge in [0.05, 0.1) is 18.4 Å². The monoisotopic (exact) mass is 457 g/mol. The lowest BCUT2D eigenvalue weighted by Gasteiger charge is -2.35. The molecule has 3 rings (SSSR count). The van der Waals surface area contributed by atoms with E-state index in [2.05, 4.69) is 9.71 Å². The van der Waals surface area contributed by atoms with Crippen molar-refractivity contribution in [1.82, 2.24) is 9.71 Å². The van der Waals surface area contributed by atoms with E-state index >= 15 is 0 Å². The summed E-state index contributed by atoms with van der Waals surface area (Å²) < 4.78 is 87.0. The Morgan fingerprint density at radius 3 is 2.65 bits per heavy atom. The van der Waals surface area contributed by atoms with Crippen LogP contribution in [0.2, 0.25) is 0 Å². The zero-order chi connectivity index (χ0) is 22.8. The molecule has 166 valence electrons. The molecule has 0 radical (unpaired) electrons. The largest absolute Gasteiger partial charge is 0.490 e. The molecule has 2 aromatic rings. The smallest absolute Gasteiger partial charge is 0.248 e. The first-order chi connectivity index (χ1) is 14.5. The van der Waals surface area contributed by atoms with Crippen LogP contribution in [0, 0.1) is 28.9 Å². The van der Waals surface area contributed by atoms with E-state index in [4.69, 9.17) is 10.00 Å². The van der Waals surface area contributed by atoms with Crippen molar-refractivity contribution in [2.75, 3.05) is 12.9 Å². The number of sulfonamides is 1. The van der Waals surface area contributed by atoms with Gasteiger partial charge in [0.1, 0.15) is 11.8 Å². The SMILES string of the molecule is CS(=O)(=O)N[C@H]1CCC(F)(F)C[C@@H]1COc1ccc(-c2ncc(C#N)cc2F)cc1F. The second-order valence-corrected chi connectivity index (χ2v) is 9.26. The number of nitrogens with one attached hydrogen (secondary N) is 1. The highest BCUT2D eigenvalue weighted by Crippen LogP contribution is 2.37. The molecule has 0 unspecified atom stereocenters. The van der Waals surface area contributed by atoms with E-state index < -0.39 is 52.4 Å². The zero-order valence-electron chi connectivity index (χ0n) is 16.4. The molecule has 1 saturated carbocycles. The summed E-state index contributed by atoms with van der Waals surface area (Å²) in [7, 11) is -3.62. The van der Waals surface area contributed by atoms with E-state index in [0.717, 1.165) is 24.6 Å². The Bertz CT molecular complexity index is 1120. The van der Waals surface area contributed by atoms with Gasteiger partial charge in [-0.05, 0) is 30.7 Å². The zero-order valence-corrected chi connectivity index (χ0v) is 17.2. The van der Waals surface area contributed by atoms with Crippen molar-refractivity contribution in [3.63, 3.8) is 0 Å². The van der Waals surface area contributed by atoms with Gasteiger partial charge in [0.25, 0.3) is 0 Å². The van der Waals surface area contributed by atoms with Crippen LogP contribution < -0.4 is 9.46 Å². The van der Waals surface area contributed by atoms with Crippen molar-refractivity contribution in [2.24, 2.45) is 5.92 Å². The van der Waals surface area contributed by atoms with E-state index in [1.807, 2.05) is 0 Å². The van der Waals surface area contributed by atoms with Crippen LogP contribution >= 0.6 is 0 Å². The van der Waals surface area contributed by atoms with Crippen LogP contribution in [0.15, 0.2) is 30.5 Å². The summed E-state index contributed by atoms with van der Waals surface area (Å²) in [6.07, 6.45) is 0.966. The molecule has 1 aromatic carbocycles. The quantitative estimate of drug-likeness (QED) is 0.669. The number of nitriles is 1. The van der Waals surface area contributed by atoms with Crippen molar-refractivity contribution < 1.29 is 30.7 Å². The van der Waals surface area contributed by atoms with E-state index in [-0.39, 0.29) is 35.6 Å². The Labute approximate surface area is 176 Å². The van der Waals surface area contributed by atoms with Crippen molar-refractivity contribution in [1.29, 1.82) is 5.26 Å². The van der Waals surface area contributed by atoms with Crippen LogP contribution in [0.5, 0.6) is 5.75 Å². The molecular formula is C20H19F4N3O3S. The molecule has 0 saturated heterocycles.